The van der Waals surface area contributed by atoms with Crippen molar-refractivity contribution in [2.24, 2.45) is 0 Å². The smallest absolute Gasteiger partial charge is 0.501 e. The molecule has 1 aromatic rings. The molecule has 0 radical (unpaired) electrons. The number of nitrogens with one attached hydrogen (secondary N) is 1. The third kappa shape index (κ3) is 3.36. The fourth-order valence-electron chi connectivity index (χ4n) is 0.790. The summed E-state index contributed by atoms with van der Waals surface area (Å²) in [5, 5.41) is 11.3. The molecule has 74 valence electrons. The van der Waals surface area contributed by atoms with Crippen LogP contribution in [0.25, 0.3) is 0 Å². The molecular formula is C8H10BNO4. The van der Waals surface area contributed by atoms with Crippen molar-refractivity contribution < 1.29 is 19.1 Å². The van der Waals surface area contributed by atoms with Gasteiger partial charge in [0.2, 0.25) is 0 Å². The van der Waals surface area contributed by atoms with Gasteiger partial charge in [-0.25, -0.2) is 4.79 Å². The Morgan fingerprint density at radius 2 is 2.07 bits per heavy atom. The maximum Gasteiger partial charge on any atom is 0.788 e. The maximum absolute atomic E-state index is 10.6. The van der Waals surface area contributed by atoms with E-state index in [1.807, 2.05) is 0 Å². The number of benzene rings is 1. The van der Waals surface area contributed by atoms with E-state index < -0.39 is 13.4 Å². The molecule has 0 fully saturated rings. The van der Waals surface area contributed by atoms with Crippen LogP contribution < -0.4 is 9.97 Å². The predicted octanol–water partition coefficient (Wildman–Crippen LogP) is 0.399. The summed E-state index contributed by atoms with van der Waals surface area (Å²) in [5.41, 5.74) is 0. The first kappa shape index (κ1) is 10.4. The van der Waals surface area contributed by atoms with E-state index in [-0.39, 0.29) is 0 Å². The molecule has 5 nitrogen and oxygen atoms in total. The van der Waals surface area contributed by atoms with E-state index in [9.17, 15) is 4.79 Å². The molecule has 0 heterocycles. The summed E-state index contributed by atoms with van der Waals surface area (Å²) in [7, 11) is -0.213. The van der Waals surface area contributed by atoms with Crippen molar-refractivity contribution in [3.05, 3.63) is 30.3 Å². The molecular weight excluding hydrogens is 185 g/mol. The SMILES string of the molecule is CNC(=O)OB(O)Oc1ccccc1. The monoisotopic (exact) mass is 195 g/mol. The first-order valence-electron chi connectivity index (χ1n) is 4.00. The number of para-hydroxylation sites is 1. The van der Waals surface area contributed by atoms with Crippen LogP contribution in [0.2, 0.25) is 0 Å². The van der Waals surface area contributed by atoms with Gasteiger partial charge in [-0.3, -0.25) is 0 Å². The standard InChI is InChI=1S/C8H10BNO4/c1-10-8(11)14-9(12)13-7-5-3-2-4-6-7/h2-6,12H,1H3,(H,10,11). The number of hydrogen-bond donors (Lipinski definition) is 2. The van der Waals surface area contributed by atoms with Crippen LogP contribution in [0.3, 0.4) is 0 Å². The highest BCUT2D eigenvalue weighted by atomic mass is 16.7. The summed E-state index contributed by atoms with van der Waals surface area (Å²) >= 11 is 0. The Kier molecular flexibility index (Phi) is 3.81. The van der Waals surface area contributed by atoms with Gasteiger partial charge in [-0.05, 0) is 12.1 Å². The van der Waals surface area contributed by atoms with Gasteiger partial charge >= 0.3 is 13.4 Å². The van der Waals surface area contributed by atoms with Crippen molar-refractivity contribution in [1.82, 2.24) is 5.32 Å². The van der Waals surface area contributed by atoms with Gasteiger partial charge in [0, 0.05) is 7.05 Å². The lowest BCUT2D eigenvalue weighted by Gasteiger charge is -2.08. The zero-order valence-electron chi connectivity index (χ0n) is 7.64. The quantitative estimate of drug-likeness (QED) is 0.684. The Labute approximate surface area is 81.8 Å². The fraction of sp³-hybridized carbons (Fsp3) is 0.125. The van der Waals surface area contributed by atoms with Crippen LogP contribution in [0.15, 0.2) is 30.3 Å². The maximum atomic E-state index is 10.6. The van der Waals surface area contributed by atoms with Gasteiger partial charge in [0.15, 0.2) is 0 Å². The molecule has 0 saturated carbocycles. The molecule has 1 aromatic carbocycles. The molecule has 1 rings (SSSR count). The molecule has 0 saturated heterocycles. The average molecular weight is 195 g/mol. The molecule has 0 spiro atoms. The van der Waals surface area contributed by atoms with Crippen molar-refractivity contribution in [2.45, 2.75) is 0 Å². The normalized spacial score (nSPS) is 9.00. The zero-order valence-corrected chi connectivity index (χ0v) is 7.64. The number of amides is 1. The number of hydrogen-bond acceptors (Lipinski definition) is 4. The minimum absolute atomic E-state index is 0.420. The van der Waals surface area contributed by atoms with Crippen LogP contribution >= 0.6 is 0 Å². The van der Waals surface area contributed by atoms with E-state index in [2.05, 4.69) is 9.97 Å². The summed E-state index contributed by atoms with van der Waals surface area (Å²) in [6, 6.07) is 8.55. The number of rotatable bonds is 3. The van der Waals surface area contributed by atoms with E-state index in [0.717, 1.165) is 0 Å². The van der Waals surface area contributed by atoms with E-state index in [1.54, 1.807) is 30.3 Å². The molecule has 0 aliphatic carbocycles. The summed E-state index contributed by atoms with van der Waals surface area (Å²) in [4.78, 5) is 10.6. The fourth-order valence-corrected chi connectivity index (χ4v) is 0.790. The molecule has 0 aliphatic rings. The Hall–Kier alpha value is -1.69. The predicted molar refractivity (Wildman–Crippen MR) is 50.6 cm³/mol. The van der Waals surface area contributed by atoms with Crippen LogP contribution in [0.4, 0.5) is 4.79 Å². The number of carbonyl (C=O) groups is 1. The van der Waals surface area contributed by atoms with Crippen molar-refractivity contribution in [1.29, 1.82) is 0 Å². The van der Waals surface area contributed by atoms with Gasteiger partial charge in [0.1, 0.15) is 5.75 Å². The van der Waals surface area contributed by atoms with Crippen molar-refractivity contribution in [3.63, 3.8) is 0 Å². The van der Waals surface area contributed by atoms with E-state index >= 15 is 0 Å². The first-order valence-corrected chi connectivity index (χ1v) is 4.00. The molecule has 2 N–H and O–H groups in total. The third-order valence-corrected chi connectivity index (χ3v) is 1.39. The van der Waals surface area contributed by atoms with Crippen molar-refractivity contribution in [2.75, 3.05) is 7.05 Å². The molecule has 0 aliphatic heterocycles. The Morgan fingerprint density at radius 3 is 2.64 bits per heavy atom. The van der Waals surface area contributed by atoms with E-state index in [4.69, 9.17) is 9.68 Å². The molecule has 0 bridgehead atoms. The van der Waals surface area contributed by atoms with Crippen LogP contribution in [0, 0.1) is 0 Å². The highest BCUT2D eigenvalue weighted by molar-refractivity contribution is 6.38. The second-order valence-corrected chi connectivity index (χ2v) is 2.39. The molecule has 1 amide bonds. The molecule has 0 atom stereocenters. The molecule has 0 unspecified atom stereocenters. The molecule has 0 aromatic heterocycles. The Morgan fingerprint density at radius 1 is 1.43 bits per heavy atom. The van der Waals surface area contributed by atoms with Gasteiger partial charge in [0.05, 0.1) is 0 Å². The van der Waals surface area contributed by atoms with Crippen LogP contribution in [-0.2, 0) is 4.65 Å². The van der Waals surface area contributed by atoms with Crippen molar-refractivity contribution in [3.8, 4) is 5.75 Å². The summed E-state index contributed by atoms with van der Waals surface area (Å²) in [6.45, 7) is 0. The summed E-state index contributed by atoms with van der Waals surface area (Å²) in [6.07, 6.45) is -0.756. The van der Waals surface area contributed by atoms with Crippen LogP contribution in [0.5, 0.6) is 5.75 Å². The third-order valence-electron chi connectivity index (χ3n) is 1.39. The zero-order chi connectivity index (χ0) is 10.4. The second kappa shape index (κ2) is 5.13. The van der Waals surface area contributed by atoms with Crippen LogP contribution in [0.1, 0.15) is 0 Å². The Bertz CT molecular complexity index is 293. The Balaban J connectivity index is 2.41. The topological polar surface area (TPSA) is 67.8 Å². The first-order chi connectivity index (χ1) is 6.72. The van der Waals surface area contributed by atoms with E-state index in [0.29, 0.717) is 5.75 Å². The lowest BCUT2D eigenvalue weighted by Crippen LogP contribution is -2.33. The second-order valence-electron chi connectivity index (χ2n) is 2.39. The van der Waals surface area contributed by atoms with Gasteiger partial charge in [-0.15, -0.1) is 0 Å². The van der Waals surface area contributed by atoms with Gasteiger partial charge in [0.25, 0.3) is 0 Å². The lowest BCUT2D eigenvalue weighted by atomic mass is 10.2. The minimum atomic E-state index is -1.60. The van der Waals surface area contributed by atoms with Crippen molar-refractivity contribution >= 4 is 13.4 Å². The van der Waals surface area contributed by atoms with E-state index in [1.165, 1.54) is 7.05 Å². The summed E-state index contributed by atoms with van der Waals surface area (Å²) < 4.78 is 9.25. The summed E-state index contributed by atoms with van der Waals surface area (Å²) in [5.74, 6) is 0.420. The molecule has 14 heavy (non-hydrogen) atoms. The average Bonchev–Trinajstić information content (AvgIpc) is 2.19. The van der Waals surface area contributed by atoms with Gasteiger partial charge < -0.3 is 19.6 Å². The largest absolute Gasteiger partial charge is 0.788 e. The number of carbonyl (C=O) groups excluding carboxylic acids is 1. The lowest BCUT2D eigenvalue weighted by molar-refractivity contribution is 0.175. The van der Waals surface area contributed by atoms with Gasteiger partial charge in [-0.2, -0.15) is 0 Å². The highest BCUT2D eigenvalue weighted by Gasteiger charge is 2.23. The van der Waals surface area contributed by atoms with Gasteiger partial charge in [-0.1, -0.05) is 18.2 Å². The molecule has 6 heteroatoms. The highest BCUT2D eigenvalue weighted by Crippen LogP contribution is 2.08. The minimum Gasteiger partial charge on any atom is -0.501 e. The van der Waals surface area contributed by atoms with Crippen LogP contribution in [-0.4, -0.2) is 25.5 Å².